The summed E-state index contributed by atoms with van der Waals surface area (Å²) in [5.74, 6) is -0.543. The first-order valence-corrected chi connectivity index (χ1v) is 15.4. The molecule has 2 aliphatic rings. The smallest absolute Gasteiger partial charge is 0.341 e. The van der Waals surface area contributed by atoms with E-state index in [1.54, 1.807) is 29.7 Å². The number of allylic oxidation sites excluding steroid dienone is 5. The van der Waals surface area contributed by atoms with Crippen molar-refractivity contribution >= 4 is 72.1 Å². The molecule has 5 rings (SSSR count). The van der Waals surface area contributed by atoms with Crippen LogP contribution < -0.4 is 21.2 Å². The predicted octanol–water partition coefficient (Wildman–Crippen LogP) is 5.74. The molecule has 0 atom stereocenters. The molecule has 2 aromatic heterocycles. The Bertz CT molecular complexity index is 1870. The summed E-state index contributed by atoms with van der Waals surface area (Å²) in [4.78, 5) is 27.1. The molecule has 1 fully saturated rings. The number of hydrogen-bond acceptors (Lipinski definition) is 6. The van der Waals surface area contributed by atoms with Gasteiger partial charge in [-0.05, 0) is 85.5 Å². The first-order chi connectivity index (χ1) is 18.4. The molecule has 3 aromatic rings. The lowest BCUT2D eigenvalue weighted by Crippen LogP contribution is -2.26. The Kier molecular flexibility index (Phi) is 7.27. The van der Waals surface area contributed by atoms with E-state index in [0.29, 0.717) is 20.4 Å². The van der Waals surface area contributed by atoms with Gasteiger partial charge in [0, 0.05) is 20.9 Å². The molecule has 0 saturated heterocycles. The molecule has 2 N–H and O–H groups in total. The Labute approximate surface area is 242 Å². The van der Waals surface area contributed by atoms with Gasteiger partial charge in [-0.1, -0.05) is 23.8 Å². The molecule has 0 spiro atoms. The van der Waals surface area contributed by atoms with E-state index in [9.17, 15) is 22.4 Å². The van der Waals surface area contributed by atoms with Crippen LogP contribution in [-0.4, -0.2) is 19.2 Å². The lowest BCUT2D eigenvalue weighted by atomic mass is 9.96. The van der Waals surface area contributed by atoms with Gasteiger partial charge in [0.2, 0.25) is 10.0 Å². The standard InChI is InChI=1S/C27H24ClFIN3O5S/c1-13-24(31-19-11-8-15(30)12-18(19)29)22-25(38-27(13)35)21(14(2)33(26(22)34)16-9-10-16)17-6-4-5-7-20(23(17)28)32-39(3,36)37/h4-5,7-8,11-12,16,31-32H,6,9-10H2,1-3H3. The topological polar surface area (TPSA) is 110 Å². The second-order valence-electron chi connectivity index (χ2n) is 9.59. The molecule has 0 unspecified atom stereocenters. The minimum absolute atomic E-state index is 0.000533. The summed E-state index contributed by atoms with van der Waals surface area (Å²) in [5, 5.41) is 3.17. The van der Waals surface area contributed by atoms with Crippen LogP contribution in [0.15, 0.2) is 61.2 Å². The average Bonchev–Trinajstić information content (AvgIpc) is 3.69. The van der Waals surface area contributed by atoms with Gasteiger partial charge in [0.05, 0.1) is 33.9 Å². The van der Waals surface area contributed by atoms with Crippen molar-refractivity contribution < 1.29 is 17.2 Å². The number of anilines is 2. The number of benzene rings is 1. The molecule has 0 bridgehead atoms. The van der Waals surface area contributed by atoms with E-state index >= 15 is 0 Å². The van der Waals surface area contributed by atoms with E-state index in [1.807, 2.05) is 22.6 Å². The number of pyridine rings is 1. The third-order valence-electron chi connectivity index (χ3n) is 6.66. The lowest BCUT2D eigenvalue weighted by molar-refractivity contribution is 0.550. The molecule has 0 aliphatic heterocycles. The third-order valence-corrected chi connectivity index (χ3v) is 8.35. The highest BCUT2D eigenvalue weighted by atomic mass is 127. The summed E-state index contributed by atoms with van der Waals surface area (Å²) in [6.07, 6.45) is 7.88. The van der Waals surface area contributed by atoms with Crippen molar-refractivity contribution in [3.63, 3.8) is 0 Å². The van der Waals surface area contributed by atoms with Crippen molar-refractivity contribution in [3.05, 3.63) is 94.1 Å². The van der Waals surface area contributed by atoms with Gasteiger partial charge >= 0.3 is 5.63 Å². The van der Waals surface area contributed by atoms with Gasteiger partial charge < -0.3 is 14.3 Å². The van der Waals surface area contributed by atoms with Gasteiger partial charge in [-0.2, -0.15) is 0 Å². The molecule has 12 heteroatoms. The van der Waals surface area contributed by atoms with Gasteiger partial charge in [0.1, 0.15) is 11.2 Å². The fraction of sp³-hybridized carbons (Fsp3) is 0.259. The third kappa shape index (κ3) is 5.31. The largest absolute Gasteiger partial charge is 0.421 e. The first-order valence-electron chi connectivity index (χ1n) is 12.1. The van der Waals surface area contributed by atoms with E-state index in [0.717, 1.165) is 19.1 Å². The lowest BCUT2D eigenvalue weighted by Gasteiger charge is -2.21. The van der Waals surface area contributed by atoms with E-state index in [-0.39, 0.29) is 56.7 Å². The van der Waals surface area contributed by atoms with Gasteiger partial charge in [0.25, 0.3) is 5.56 Å². The molecule has 39 heavy (non-hydrogen) atoms. The van der Waals surface area contributed by atoms with Crippen LogP contribution in [-0.2, 0) is 10.0 Å². The second kappa shape index (κ2) is 10.3. The maximum Gasteiger partial charge on any atom is 0.341 e. The number of fused-ring (bicyclic) bond motifs is 1. The van der Waals surface area contributed by atoms with Gasteiger partial charge in [-0.3, -0.25) is 9.52 Å². The van der Waals surface area contributed by atoms with Crippen molar-refractivity contribution in [3.8, 4) is 0 Å². The Morgan fingerprint density at radius 1 is 1.21 bits per heavy atom. The zero-order valence-corrected chi connectivity index (χ0v) is 24.9. The van der Waals surface area contributed by atoms with Crippen molar-refractivity contribution in [2.24, 2.45) is 0 Å². The Hall–Kier alpha value is -2.90. The molecule has 2 heterocycles. The normalized spacial score (nSPS) is 15.9. The number of rotatable bonds is 6. The molecule has 204 valence electrons. The number of halogens is 3. The van der Waals surface area contributed by atoms with Crippen molar-refractivity contribution in [2.75, 3.05) is 11.6 Å². The monoisotopic (exact) mass is 683 g/mol. The van der Waals surface area contributed by atoms with Crippen molar-refractivity contribution in [1.82, 2.24) is 9.29 Å². The zero-order valence-electron chi connectivity index (χ0n) is 21.2. The highest BCUT2D eigenvalue weighted by Gasteiger charge is 2.32. The summed E-state index contributed by atoms with van der Waals surface area (Å²) in [7, 11) is -3.66. The van der Waals surface area contributed by atoms with Gasteiger partial charge in [0.15, 0.2) is 5.58 Å². The van der Waals surface area contributed by atoms with Crippen LogP contribution >= 0.6 is 34.2 Å². The SMILES string of the molecule is Cc1c(Nc2ccc(I)cc2F)c2c(=O)n(C3CC3)c(C)c(C3=C(Cl)C(NS(C)(=O)=O)=CC=CC3)c2oc1=O. The highest BCUT2D eigenvalue weighted by molar-refractivity contribution is 14.1. The molecule has 0 amide bonds. The second-order valence-corrected chi connectivity index (χ2v) is 13.0. The molecule has 1 saturated carbocycles. The zero-order chi connectivity index (χ0) is 28.2. The predicted molar refractivity (Wildman–Crippen MR) is 159 cm³/mol. The van der Waals surface area contributed by atoms with E-state index in [4.69, 9.17) is 16.0 Å². The Morgan fingerprint density at radius 2 is 1.92 bits per heavy atom. The van der Waals surface area contributed by atoms with Crippen LogP contribution in [0.1, 0.15) is 42.1 Å². The first kappa shape index (κ1) is 27.7. The van der Waals surface area contributed by atoms with Gasteiger partial charge in [-0.25, -0.2) is 17.6 Å². The van der Waals surface area contributed by atoms with Crippen LogP contribution in [0.4, 0.5) is 15.8 Å². The van der Waals surface area contributed by atoms with Crippen LogP contribution in [0.3, 0.4) is 0 Å². The van der Waals surface area contributed by atoms with Crippen LogP contribution in [0, 0.1) is 23.2 Å². The number of sulfonamides is 1. The minimum Gasteiger partial charge on any atom is -0.421 e. The maximum absolute atomic E-state index is 14.8. The number of nitrogens with one attached hydrogen (secondary N) is 2. The van der Waals surface area contributed by atoms with E-state index < -0.39 is 21.5 Å². The minimum atomic E-state index is -3.66. The summed E-state index contributed by atoms with van der Waals surface area (Å²) in [6.45, 7) is 3.26. The van der Waals surface area contributed by atoms with Crippen molar-refractivity contribution in [2.45, 2.75) is 39.2 Å². The molecule has 8 nitrogen and oxygen atoms in total. The van der Waals surface area contributed by atoms with Crippen LogP contribution in [0.5, 0.6) is 0 Å². The summed E-state index contributed by atoms with van der Waals surface area (Å²) in [6, 6.07) is 4.53. The number of aromatic nitrogens is 1. The Morgan fingerprint density at radius 3 is 2.56 bits per heavy atom. The fourth-order valence-corrected chi connectivity index (χ4v) is 6.10. The van der Waals surface area contributed by atoms with Crippen LogP contribution in [0.2, 0.25) is 0 Å². The van der Waals surface area contributed by atoms with Gasteiger partial charge in [-0.15, -0.1) is 0 Å². The molecule has 1 aromatic carbocycles. The number of hydrogen-bond donors (Lipinski definition) is 2. The van der Waals surface area contributed by atoms with Crippen molar-refractivity contribution in [1.29, 1.82) is 0 Å². The average molecular weight is 684 g/mol. The maximum atomic E-state index is 14.8. The summed E-state index contributed by atoms with van der Waals surface area (Å²) in [5.41, 5.74) is 0.862. The fourth-order valence-electron chi connectivity index (χ4n) is 4.74. The quantitative estimate of drug-likeness (QED) is 0.321. The van der Waals surface area contributed by atoms with E-state index in [1.165, 1.54) is 25.1 Å². The molecule has 2 aliphatic carbocycles. The van der Waals surface area contributed by atoms with Crippen LogP contribution in [0.25, 0.3) is 16.5 Å². The number of nitrogens with zero attached hydrogens (tertiary/aromatic N) is 1. The summed E-state index contributed by atoms with van der Waals surface area (Å²) < 4.78 is 49.4. The molecular formula is C27H24ClFIN3O5S. The highest BCUT2D eigenvalue weighted by Crippen LogP contribution is 2.42. The summed E-state index contributed by atoms with van der Waals surface area (Å²) >= 11 is 8.79. The molecular weight excluding hydrogens is 660 g/mol. The molecule has 0 radical (unpaired) electrons. The van der Waals surface area contributed by atoms with E-state index in [2.05, 4.69) is 10.0 Å². The Balaban J connectivity index is 1.87.